The van der Waals surface area contributed by atoms with Crippen LogP contribution in [0.5, 0.6) is 0 Å². The number of rotatable bonds is 5. The van der Waals surface area contributed by atoms with Crippen molar-refractivity contribution in [1.29, 1.82) is 0 Å². The second-order valence-corrected chi connectivity index (χ2v) is 5.54. The molecule has 0 bridgehead atoms. The van der Waals surface area contributed by atoms with Crippen molar-refractivity contribution in [3.05, 3.63) is 69.4 Å². The third kappa shape index (κ3) is 3.43. The summed E-state index contributed by atoms with van der Waals surface area (Å²) in [5.41, 5.74) is 1.28. The standard InChI is InChI=1S/C15H10N2O5S/c18-15(12-6-7-13(23-12)17(19)20)22-9-11-8-21-14(16-11)10-4-2-1-3-5-10/h1-8H,9H2. The summed E-state index contributed by atoms with van der Waals surface area (Å²) in [6.07, 6.45) is 1.41. The van der Waals surface area contributed by atoms with Crippen LogP contribution in [0.1, 0.15) is 15.4 Å². The molecule has 23 heavy (non-hydrogen) atoms. The van der Waals surface area contributed by atoms with E-state index in [-0.39, 0.29) is 16.5 Å². The molecule has 116 valence electrons. The molecule has 0 radical (unpaired) electrons. The van der Waals surface area contributed by atoms with Crippen molar-refractivity contribution in [3.8, 4) is 11.5 Å². The van der Waals surface area contributed by atoms with Crippen LogP contribution in [-0.2, 0) is 11.3 Å². The highest BCUT2D eigenvalue weighted by molar-refractivity contribution is 7.17. The van der Waals surface area contributed by atoms with Gasteiger partial charge >= 0.3 is 11.0 Å². The first-order valence-corrected chi connectivity index (χ1v) is 7.36. The molecule has 0 atom stereocenters. The summed E-state index contributed by atoms with van der Waals surface area (Å²) in [5, 5.41) is 10.5. The second kappa shape index (κ2) is 6.41. The average molecular weight is 330 g/mol. The lowest BCUT2D eigenvalue weighted by Crippen LogP contribution is -2.03. The molecule has 0 fully saturated rings. The van der Waals surface area contributed by atoms with E-state index in [0.29, 0.717) is 11.6 Å². The first-order chi connectivity index (χ1) is 11.1. The van der Waals surface area contributed by atoms with Gasteiger partial charge in [0.1, 0.15) is 23.4 Å². The maximum Gasteiger partial charge on any atom is 0.348 e. The molecule has 1 aromatic carbocycles. The van der Waals surface area contributed by atoms with E-state index < -0.39 is 10.9 Å². The molecule has 0 saturated heterocycles. The van der Waals surface area contributed by atoms with Crippen molar-refractivity contribution >= 4 is 22.3 Å². The topological polar surface area (TPSA) is 95.5 Å². The minimum atomic E-state index is -0.632. The number of thiophene rings is 1. The third-order valence-corrected chi connectivity index (χ3v) is 3.91. The summed E-state index contributed by atoms with van der Waals surface area (Å²) in [7, 11) is 0. The monoisotopic (exact) mass is 330 g/mol. The van der Waals surface area contributed by atoms with E-state index in [1.165, 1.54) is 18.4 Å². The Morgan fingerprint density at radius 2 is 2.04 bits per heavy atom. The largest absolute Gasteiger partial charge is 0.455 e. The lowest BCUT2D eigenvalue weighted by atomic mass is 10.2. The fraction of sp³-hybridized carbons (Fsp3) is 0.0667. The Kier molecular flexibility index (Phi) is 4.15. The highest BCUT2D eigenvalue weighted by Crippen LogP contribution is 2.25. The molecule has 0 aliphatic heterocycles. The number of benzene rings is 1. The van der Waals surface area contributed by atoms with Crippen molar-refractivity contribution in [3.63, 3.8) is 0 Å². The Morgan fingerprint density at radius 3 is 2.74 bits per heavy atom. The molecule has 0 amide bonds. The van der Waals surface area contributed by atoms with E-state index in [9.17, 15) is 14.9 Å². The van der Waals surface area contributed by atoms with Gasteiger partial charge in [-0.3, -0.25) is 10.1 Å². The summed E-state index contributed by atoms with van der Waals surface area (Å²) in [5.74, 6) is -0.198. The first-order valence-electron chi connectivity index (χ1n) is 6.54. The van der Waals surface area contributed by atoms with Crippen molar-refractivity contribution in [1.82, 2.24) is 4.98 Å². The van der Waals surface area contributed by atoms with E-state index in [1.54, 1.807) is 0 Å². The van der Waals surface area contributed by atoms with Gasteiger partial charge in [-0.1, -0.05) is 29.5 Å². The fourth-order valence-electron chi connectivity index (χ4n) is 1.83. The van der Waals surface area contributed by atoms with Crippen LogP contribution >= 0.6 is 11.3 Å². The number of ether oxygens (including phenoxy) is 1. The molecule has 0 saturated carbocycles. The Balaban J connectivity index is 1.63. The highest BCUT2D eigenvalue weighted by atomic mass is 32.1. The quantitative estimate of drug-likeness (QED) is 0.402. The van der Waals surface area contributed by atoms with E-state index in [2.05, 4.69) is 4.98 Å². The molecular formula is C15H10N2O5S. The zero-order valence-corrected chi connectivity index (χ0v) is 12.5. The molecule has 2 heterocycles. The Labute approximate surface area is 134 Å². The van der Waals surface area contributed by atoms with Gasteiger partial charge in [-0.25, -0.2) is 9.78 Å². The predicted molar refractivity (Wildman–Crippen MR) is 82.0 cm³/mol. The minimum Gasteiger partial charge on any atom is -0.455 e. The first kappa shape index (κ1) is 14.9. The van der Waals surface area contributed by atoms with Crippen LogP contribution in [0, 0.1) is 10.1 Å². The van der Waals surface area contributed by atoms with Gasteiger partial charge in [0.15, 0.2) is 0 Å². The lowest BCUT2D eigenvalue weighted by Gasteiger charge is -1.99. The smallest absolute Gasteiger partial charge is 0.348 e. The van der Waals surface area contributed by atoms with E-state index in [1.807, 2.05) is 30.3 Å². The van der Waals surface area contributed by atoms with Gasteiger partial charge in [0.2, 0.25) is 5.89 Å². The number of nitro groups is 1. The van der Waals surface area contributed by atoms with Crippen LogP contribution in [0.3, 0.4) is 0 Å². The van der Waals surface area contributed by atoms with Gasteiger partial charge in [0, 0.05) is 11.6 Å². The SMILES string of the molecule is O=C(OCc1coc(-c2ccccc2)n1)c1ccc([N+](=O)[O-])s1. The molecule has 0 spiro atoms. The van der Waals surface area contributed by atoms with Gasteiger partial charge in [-0.2, -0.15) is 0 Å². The van der Waals surface area contributed by atoms with Crippen molar-refractivity contribution in [2.75, 3.05) is 0 Å². The molecule has 3 rings (SSSR count). The van der Waals surface area contributed by atoms with E-state index in [0.717, 1.165) is 16.9 Å². The number of aromatic nitrogens is 1. The number of hydrogen-bond acceptors (Lipinski definition) is 7. The Morgan fingerprint density at radius 1 is 1.26 bits per heavy atom. The average Bonchev–Trinajstić information content (AvgIpc) is 3.23. The van der Waals surface area contributed by atoms with Crippen molar-refractivity contribution in [2.45, 2.75) is 6.61 Å². The molecular weight excluding hydrogens is 320 g/mol. The molecule has 8 heteroatoms. The van der Waals surface area contributed by atoms with Gasteiger partial charge in [-0.05, 0) is 18.2 Å². The molecule has 3 aromatic rings. The normalized spacial score (nSPS) is 10.4. The fourth-order valence-corrected chi connectivity index (χ4v) is 2.55. The maximum atomic E-state index is 11.8. The zero-order chi connectivity index (χ0) is 16.2. The zero-order valence-electron chi connectivity index (χ0n) is 11.7. The van der Waals surface area contributed by atoms with Crippen LogP contribution in [0.15, 0.2) is 53.1 Å². The van der Waals surface area contributed by atoms with Gasteiger partial charge < -0.3 is 9.15 Å². The van der Waals surface area contributed by atoms with Crippen molar-refractivity contribution in [2.24, 2.45) is 0 Å². The van der Waals surface area contributed by atoms with Crippen LogP contribution in [0.25, 0.3) is 11.5 Å². The summed E-state index contributed by atoms with van der Waals surface area (Å²) >= 11 is 0.769. The highest BCUT2D eigenvalue weighted by Gasteiger charge is 2.17. The summed E-state index contributed by atoms with van der Waals surface area (Å²) in [6, 6.07) is 12.0. The van der Waals surface area contributed by atoms with Crippen LogP contribution < -0.4 is 0 Å². The number of carbonyl (C=O) groups excluding carboxylic acids is 1. The number of oxazole rings is 1. The third-order valence-electron chi connectivity index (χ3n) is 2.90. The molecule has 7 nitrogen and oxygen atoms in total. The van der Waals surface area contributed by atoms with Crippen LogP contribution in [0.2, 0.25) is 0 Å². The lowest BCUT2D eigenvalue weighted by molar-refractivity contribution is -0.380. The molecule has 0 aliphatic rings. The minimum absolute atomic E-state index is 0.0686. The molecule has 2 aromatic heterocycles. The van der Waals surface area contributed by atoms with E-state index >= 15 is 0 Å². The Hall–Kier alpha value is -3.00. The number of carbonyl (C=O) groups is 1. The number of hydrogen-bond donors (Lipinski definition) is 0. The summed E-state index contributed by atoms with van der Waals surface area (Å²) in [4.78, 5) is 26.3. The maximum absolute atomic E-state index is 11.8. The number of nitrogens with zero attached hydrogens (tertiary/aromatic N) is 2. The molecule has 0 N–H and O–H groups in total. The van der Waals surface area contributed by atoms with Gasteiger partial charge in [-0.15, -0.1) is 0 Å². The molecule has 0 unspecified atom stereocenters. The summed E-state index contributed by atoms with van der Waals surface area (Å²) < 4.78 is 10.4. The van der Waals surface area contributed by atoms with Crippen molar-refractivity contribution < 1.29 is 18.9 Å². The number of esters is 1. The summed E-state index contributed by atoms with van der Waals surface area (Å²) in [6.45, 7) is -0.0686. The molecule has 0 aliphatic carbocycles. The Bertz CT molecular complexity index is 840. The van der Waals surface area contributed by atoms with Crippen LogP contribution in [0.4, 0.5) is 5.00 Å². The van der Waals surface area contributed by atoms with Crippen LogP contribution in [-0.4, -0.2) is 15.9 Å². The second-order valence-electron chi connectivity index (χ2n) is 4.48. The van der Waals surface area contributed by atoms with E-state index in [4.69, 9.17) is 9.15 Å². The predicted octanol–water partition coefficient (Wildman–Crippen LogP) is 3.67. The van der Waals surface area contributed by atoms with Gasteiger partial charge in [0.25, 0.3) is 0 Å². The van der Waals surface area contributed by atoms with Gasteiger partial charge in [0.05, 0.1) is 4.92 Å².